The first-order valence-corrected chi connectivity index (χ1v) is 14.2. The highest BCUT2D eigenvalue weighted by molar-refractivity contribution is 5.89. The second kappa shape index (κ2) is 12.0. The van der Waals surface area contributed by atoms with Gasteiger partial charge in [-0.25, -0.2) is 0 Å². The lowest BCUT2D eigenvalue weighted by Crippen LogP contribution is -2.50. The van der Waals surface area contributed by atoms with Crippen molar-refractivity contribution >= 4 is 22.7 Å². The highest BCUT2D eigenvalue weighted by Gasteiger charge is 2.41. The molecule has 0 N–H and O–H groups in total. The standard InChI is InChI=1S/C30H42N4O2/c1-4-9-23(10-5-2)29(35)34-18-8-12-27(34)30(36)33-17-7-11-25(33)15-16-26-20-24-14-13-22(21-31)19-28(24)32(26)6-3/h13-14,19-20,23,25,27H,4-12,15-18H2,1-3H3. The van der Waals surface area contributed by atoms with Gasteiger partial charge in [0.1, 0.15) is 6.04 Å². The Balaban J connectivity index is 1.45. The number of carbonyl (C=O) groups excluding carboxylic acids is 2. The molecule has 3 heterocycles. The van der Waals surface area contributed by atoms with Crippen LogP contribution in [-0.2, 0) is 22.6 Å². The summed E-state index contributed by atoms with van der Waals surface area (Å²) in [5.74, 6) is 0.430. The van der Waals surface area contributed by atoms with Gasteiger partial charge in [0.25, 0.3) is 0 Å². The Morgan fingerprint density at radius 2 is 1.75 bits per heavy atom. The maximum atomic E-state index is 13.8. The summed E-state index contributed by atoms with van der Waals surface area (Å²) in [6.07, 6.45) is 9.46. The highest BCUT2D eigenvalue weighted by atomic mass is 16.2. The topological polar surface area (TPSA) is 69.3 Å². The average molecular weight is 491 g/mol. The molecule has 194 valence electrons. The number of amides is 2. The van der Waals surface area contributed by atoms with Crippen LogP contribution in [0.5, 0.6) is 0 Å². The minimum absolute atomic E-state index is 0.0558. The maximum absolute atomic E-state index is 13.8. The Kier molecular flexibility index (Phi) is 8.72. The molecule has 36 heavy (non-hydrogen) atoms. The summed E-state index contributed by atoms with van der Waals surface area (Å²) in [6.45, 7) is 8.80. The van der Waals surface area contributed by atoms with Gasteiger partial charge < -0.3 is 14.4 Å². The number of fused-ring (bicyclic) bond motifs is 1. The molecule has 2 aliphatic rings. The smallest absolute Gasteiger partial charge is 0.245 e. The molecular weight excluding hydrogens is 448 g/mol. The van der Waals surface area contributed by atoms with Gasteiger partial charge in [0.2, 0.25) is 11.8 Å². The molecule has 0 aliphatic carbocycles. The molecule has 0 radical (unpaired) electrons. The molecule has 2 aromatic rings. The third kappa shape index (κ3) is 5.31. The van der Waals surface area contributed by atoms with Crippen LogP contribution in [0.1, 0.15) is 89.8 Å². The fraction of sp³-hybridized carbons (Fsp3) is 0.633. The second-order valence-electron chi connectivity index (χ2n) is 10.6. The van der Waals surface area contributed by atoms with E-state index < -0.39 is 0 Å². The molecule has 0 bridgehead atoms. The quantitative estimate of drug-likeness (QED) is 0.431. The van der Waals surface area contributed by atoms with Gasteiger partial charge >= 0.3 is 0 Å². The van der Waals surface area contributed by atoms with Crippen LogP contribution in [0.4, 0.5) is 0 Å². The zero-order valence-corrected chi connectivity index (χ0v) is 22.3. The Hall–Kier alpha value is -2.81. The summed E-state index contributed by atoms with van der Waals surface area (Å²) >= 11 is 0. The maximum Gasteiger partial charge on any atom is 0.245 e. The van der Waals surface area contributed by atoms with Gasteiger partial charge in [0, 0.05) is 42.8 Å². The minimum Gasteiger partial charge on any atom is -0.345 e. The van der Waals surface area contributed by atoms with Crippen molar-refractivity contribution in [1.82, 2.24) is 14.4 Å². The van der Waals surface area contributed by atoms with Crippen molar-refractivity contribution in [2.45, 2.75) is 104 Å². The van der Waals surface area contributed by atoms with Gasteiger partial charge in [-0.1, -0.05) is 32.8 Å². The fourth-order valence-electron chi connectivity index (χ4n) is 6.50. The van der Waals surface area contributed by atoms with Crippen molar-refractivity contribution in [2.24, 2.45) is 5.92 Å². The summed E-state index contributed by atoms with van der Waals surface area (Å²) in [7, 11) is 0. The largest absolute Gasteiger partial charge is 0.345 e. The molecule has 2 aliphatic heterocycles. The monoisotopic (exact) mass is 490 g/mol. The molecule has 1 aromatic carbocycles. The molecule has 2 amide bonds. The van der Waals surface area contributed by atoms with Crippen molar-refractivity contribution in [3.05, 3.63) is 35.5 Å². The van der Waals surface area contributed by atoms with E-state index in [0.29, 0.717) is 5.56 Å². The molecule has 2 saturated heterocycles. The highest BCUT2D eigenvalue weighted by Crippen LogP contribution is 2.30. The first-order valence-electron chi connectivity index (χ1n) is 14.2. The average Bonchev–Trinajstić information content (AvgIpc) is 3.64. The lowest BCUT2D eigenvalue weighted by atomic mass is 9.96. The van der Waals surface area contributed by atoms with Gasteiger partial charge in [-0.15, -0.1) is 0 Å². The van der Waals surface area contributed by atoms with Gasteiger partial charge in [-0.05, 0) is 81.9 Å². The second-order valence-corrected chi connectivity index (χ2v) is 10.6. The van der Waals surface area contributed by atoms with E-state index in [2.05, 4.69) is 42.4 Å². The fourth-order valence-corrected chi connectivity index (χ4v) is 6.50. The number of hydrogen-bond donors (Lipinski definition) is 0. The molecule has 0 saturated carbocycles. The number of nitrogens with zero attached hydrogens (tertiary/aromatic N) is 4. The molecule has 2 unspecified atom stereocenters. The summed E-state index contributed by atoms with van der Waals surface area (Å²) in [4.78, 5) is 31.2. The molecule has 2 fully saturated rings. The van der Waals surface area contributed by atoms with Crippen molar-refractivity contribution in [3.8, 4) is 6.07 Å². The van der Waals surface area contributed by atoms with E-state index in [1.54, 1.807) is 0 Å². The third-order valence-electron chi connectivity index (χ3n) is 8.27. The van der Waals surface area contributed by atoms with Crippen LogP contribution < -0.4 is 0 Å². The Bertz CT molecular complexity index is 1110. The van der Waals surface area contributed by atoms with E-state index >= 15 is 0 Å². The van der Waals surface area contributed by atoms with E-state index in [1.807, 2.05) is 23.1 Å². The predicted molar refractivity (Wildman–Crippen MR) is 143 cm³/mol. The molecule has 2 atom stereocenters. The van der Waals surface area contributed by atoms with Crippen molar-refractivity contribution < 1.29 is 9.59 Å². The number of nitriles is 1. The summed E-state index contributed by atoms with van der Waals surface area (Å²) in [5.41, 5.74) is 3.06. The number of likely N-dealkylation sites (tertiary alicyclic amines) is 2. The van der Waals surface area contributed by atoms with E-state index in [0.717, 1.165) is 89.4 Å². The van der Waals surface area contributed by atoms with E-state index in [1.165, 1.54) is 11.1 Å². The number of aromatic nitrogens is 1. The predicted octanol–water partition coefficient (Wildman–Crippen LogP) is 5.66. The van der Waals surface area contributed by atoms with Crippen LogP contribution in [-0.4, -0.2) is 51.4 Å². The van der Waals surface area contributed by atoms with Crippen molar-refractivity contribution in [3.63, 3.8) is 0 Å². The van der Waals surface area contributed by atoms with Crippen LogP contribution in [0.15, 0.2) is 24.3 Å². The normalized spacial score (nSPS) is 20.0. The van der Waals surface area contributed by atoms with Crippen molar-refractivity contribution in [2.75, 3.05) is 13.1 Å². The first-order chi connectivity index (χ1) is 17.5. The van der Waals surface area contributed by atoms with E-state index in [4.69, 9.17) is 0 Å². The molecule has 6 heteroatoms. The van der Waals surface area contributed by atoms with Gasteiger partial charge in [-0.3, -0.25) is 9.59 Å². The Morgan fingerprint density at radius 1 is 1.03 bits per heavy atom. The number of carbonyl (C=O) groups is 2. The SMILES string of the molecule is CCCC(CCC)C(=O)N1CCCC1C(=O)N1CCCC1CCc1cc2ccc(C#N)cc2n1CC. The van der Waals surface area contributed by atoms with Crippen LogP contribution in [0, 0.1) is 17.2 Å². The first kappa shape index (κ1) is 26.3. The number of aryl methyl sites for hydroxylation is 2. The summed E-state index contributed by atoms with van der Waals surface area (Å²) in [5, 5.41) is 10.5. The van der Waals surface area contributed by atoms with Crippen molar-refractivity contribution in [1.29, 1.82) is 5.26 Å². The Morgan fingerprint density at radius 3 is 2.44 bits per heavy atom. The van der Waals surface area contributed by atoms with E-state index in [-0.39, 0.29) is 29.8 Å². The van der Waals surface area contributed by atoms with Crippen LogP contribution in [0.3, 0.4) is 0 Å². The van der Waals surface area contributed by atoms with Crippen LogP contribution >= 0.6 is 0 Å². The lowest BCUT2D eigenvalue weighted by molar-refractivity contribution is -0.146. The van der Waals surface area contributed by atoms with E-state index in [9.17, 15) is 14.9 Å². The number of rotatable bonds is 10. The van der Waals surface area contributed by atoms with Crippen LogP contribution in [0.2, 0.25) is 0 Å². The Labute approximate surface area is 216 Å². The third-order valence-corrected chi connectivity index (χ3v) is 8.27. The number of hydrogen-bond acceptors (Lipinski definition) is 3. The zero-order valence-electron chi connectivity index (χ0n) is 22.3. The minimum atomic E-state index is -0.277. The lowest BCUT2D eigenvalue weighted by Gasteiger charge is -2.33. The summed E-state index contributed by atoms with van der Waals surface area (Å²) < 4.78 is 2.30. The van der Waals surface area contributed by atoms with Gasteiger partial charge in [-0.2, -0.15) is 5.26 Å². The molecule has 4 rings (SSSR count). The molecular formula is C30H42N4O2. The molecule has 6 nitrogen and oxygen atoms in total. The van der Waals surface area contributed by atoms with Gasteiger partial charge in [0.15, 0.2) is 0 Å². The summed E-state index contributed by atoms with van der Waals surface area (Å²) in [6, 6.07) is 10.3. The molecule has 1 aromatic heterocycles. The molecule has 0 spiro atoms. The number of benzene rings is 1. The van der Waals surface area contributed by atoms with Gasteiger partial charge in [0.05, 0.1) is 11.6 Å². The van der Waals surface area contributed by atoms with Crippen LogP contribution in [0.25, 0.3) is 10.9 Å². The zero-order chi connectivity index (χ0) is 25.7.